The summed E-state index contributed by atoms with van der Waals surface area (Å²) in [5.74, 6) is -0.166. The van der Waals surface area contributed by atoms with E-state index >= 15 is 0 Å². The first-order valence-electron chi connectivity index (χ1n) is 5.68. The minimum Gasteiger partial charge on any atom is -0.229 e. The van der Waals surface area contributed by atoms with Gasteiger partial charge in [-0.25, -0.2) is 21.6 Å². The third kappa shape index (κ3) is 4.23. The van der Waals surface area contributed by atoms with Crippen LogP contribution < -0.4 is 4.72 Å². The van der Waals surface area contributed by atoms with E-state index in [1.807, 2.05) is 6.07 Å². The lowest BCUT2D eigenvalue weighted by atomic mass is 9.97. The summed E-state index contributed by atoms with van der Waals surface area (Å²) in [5, 5.41) is 8.13. The molecule has 0 aromatic heterocycles. The van der Waals surface area contributed by atoms with Crippen molar-refractivity contribution in [2.45, 2.75) is 31.9 Å². The molecule has 0 amide bonds. The van der Waals surface area contributed by atoms with Crippen LogP contribution in [0.4, 0.5) is 0 Å². The molecule has 0 unspecified atom stereocenters. The number of sulfone groups is 1. The summed E-state index contributed by atoms with van der Waals surface area (Å²) in [4.78, 5) is 0. The summed E-state index contributed by atoms with van der Waals surface area (Å²) in [6, 6.07) is 2.01. The number of nitrogens with one attached hydrogen (secondary N) is 1. The molecule has 0 radical (unpaired) electrons. The van der Waals surface area contributed by atoms with Gasteiger partial charge in [-0.05, 0) is 26.7 Å². The Labute approximate surface area is 108 Å². The van der Waals surface area contributed by atoms with Gasteiger partial charge in [0.05, 0.1) is 28.2 Å². The van der Waals surface area contributed by atoms with Gasteiger partial charge in [0, 0.05) is 6.54 Å². The zero-order valence-electron chi connectivity index (χ0n) is 10.5. The van der Waals surface area contributed by atoms with Crippen LogP contribution >= 0.6 is 0 Å². The molecule has 0 spiro atoms. The molecule has 1 rings (SSSR count). The SMILES string of the molecule is CC(C)(C#N)CNS(=O)(=O)C1CCS(=O)(=O)CC1. The van der Waals surface area contributed by atoms with Gasteiger partial charge in [-0.2, -0.15) is 5.26 Å². The van der Waals surface area contributed by atoms with Gasteiger partial charge in [0.1, 0.15) is 9.84 Å². The van der Waals surface area contributed by atoms with Gasteiger partial charge in [0.2, 0.25) is 10.0 Å². The highest BCUT2D eigenvalue weighted by Crippen LogP contribution is 2.20. The number of nitriles is 1. The Morgan fingerprint density at radius 3 is 2.28 bits per heavy atom. The third-order valence-corrected chi connectivity index (χ3v) is 6.57. The molecular weight excluding hydrogens is 276 g/mol. The quantitative estimate of drug-likeness (QED) is 0.788. The summed E-state index contributed by atoms with van der Waals surface area (Å²) < 4.78 is 48.7. The van der Waals surface area contributed by atoms with Gasteiger partial charge in [-0.1, -0.05) is 0 Å². The highest BCUT2D eigenvalue weighted by molar-refractivity contribution is 7.92. The predicted molar refractivity (Wildman–Crippen MR) is 68.0 cm³/mol. The second kappa shape index (κ2) is 5.15. The van der Waals surface area contributed by atoms with Crippen molar-refractivity contribution in [3.05, 3.63) is 0 Å². The summed E-state index contributed by atoms with van der Waals surface area (Å²) in [7, 11) is -6.61. The minimum atomic E-state index is -3.54. The molecule has 1 fully saturated rings. The van der Waals surface area contributed by atoms with Crippen molar-refractivity contribution in [3.8, 4) is 6.07 Å². The summed E-state index contributed by atoms with van der Waals surface area (Å²) in [6.45, 7) is 3.32. The fourth-order valence-corrected chi connectivity index (χ4v) is 5.06. The van der Waals surface area contributed by atoms with E-state index in [1.165, 1.54) is 0 Å². The molecule has 18 heavy (non-hydrogen) atoms. The maximum absolute atomic E-state index is 11.9. The Morgan fingerprint density at radius 2 is 1.83 bits per heavy atom. The summed E-state index contributed by atoms with van der Waals surface area (Å²) in [5.41, 5.74) is -0.770. The van der Waals surface area contributed by atoms with Crippen LogP contribution in [0.5, 0.6) is 0 Å². The fourth-order valence-electron chi connectivity index (χ4n) is 1.62. The Bertz CT molecular complexity index is 529. The van der Waals surface area contributed by atoms with Crippen molar-refractivity contribution in [2.24, 2.45) is 5.41 Å². The van der Waals surface area contributed by atoms with Gasteiger partial charge in [0.15, 0.2) is 0 Å². The first-order chi connectivity index (χ1) is 8.08. The lowest BCUT2D eigenvalue weighted by Crippen LogP contribution is -2.42. The van der Waals surface area contributed by atoms with E-state index in [9.17, 15) is 16.8 Å². The molecule has 1 heterocycles. The van der Waals surface area contributed by atoms with Crippen LogP contribution in [0.3, 0.4) is 0 Å². The van der Waals surface area contributed by atoms with Crippen molar-refractivity contribution < 1.29 is 16.8 Å². The zero-order valence-corrected chi connectivity index (χ0v) is 12.1. The van der Waals surface area contributed by atoms with Gasteiger partial charge in [0.25, 0.3) is 0 Å². The monoisotopic (exact) mass is 294 g/mol. The van der Waals surface area contributed by atoms with Crippen LogP contribution in [-0.2, 0) is 19.9 Å². The molecular formula is C10H18N2O4S2. The van der Waals surface area contributed by atoms with E-state index in [0.29, 0.717) is 0 Å². The lowest BCUT2D eigenvalue weighted by molar-refractivity contribution is 0.472. The van der Waals surface area contributed by atoms with E-state index in [0.717, 1.165) is 0 Å². The molecule has 104 valence electrons. The first kappa shape index (κ1) is 15.4. The Kier molecular flexibility index (Phi) is 4.41. The number of hydrogen-bond donors (Lipinski definition) is 1. The lowest BCUT2D eigenvalue weighted by Gasteiger charge is -2.24. The van der Waals surface area contributed by atoms with Crippen molar-refractivity contribution >= 4 is 19.9 Å². The number of hydrogen-bond acceptors (Lipinski definition) is 5. The average molecular weight is 294 g/mol. The van der Waals surface area contributed by atoms with Crippen molar-refractivity contribution in [2.75, 3.05) is 18.1 Å². The second-order valence-electron chi connectivity index (χ2n) is 5.21. The predicted octanol–water partition coefficient (Wildman–Crippen LogP) is 0.0328. The largest absolute Gasteiger partial charge is 0.229 e. The van der Waals surface area contributed by atoms with Gasteiger partial charge >= 0.3 is 0 Å². The van der Waals surface area contributed by atoms with Crippen LogP contribution in [-0.4, -0.2) is 40.1 Å². The molecule has 0 aliphatic carbocycles. The molecule has 0 aromatic carbocycles. The minimum absolute atomic E-state index is 0.0368. The van der Waals surface area contributed by atoms with Crippen LogP contribution in [0, 0.1) is 16.7 Å². The van der Waals surface area contributed by atoms with Crippen LogP contribution in [0.15, 0.2) is 0 Å². The summed E-state index contributed by atoms with van der Waals surface area (Å²) in [6.07, 6.45) is 0.259. The second-order valence-corrected chi connectivity index (χ2v) is 9.56. The van der Waals surface area contributed by atoms with E-state index < -0.39 is 30.5 Å². The molecule has 0 atom stereocenters. The maximum atomic E-state index is 11.9. The van der Waals surface area contributed by atoms with Crippen LogP contribution in [0.2, 0.25) is 0 Å². The molecule has 1 aliphatic rings. The van der Waals surface area contributed by atoms with Crippen molar-refractivity contribution in [3.63, 3.8) is 0 Å². The number of sulfonamides is 1. The fraction of sp³-hybridized carbons (Fsp3) is 0.900. The van der Waals surface area contributed by atoms with Gasteiger partial charge < -0.3 is 0 Å². The summed E-state index contributed by atoms with van der Waals surface area (Å²) >= 11 is 0. The van der Waals surface area contributed by atoms with E-state index in [1.54, 1.807) is 13.8 Å². The molecule has 1 N–H and O–H groups in total. The van der Waals surface area contributed by atoms with Gasteiger partial charge in [-0.3, -0.25) is 0 Å². The maximum Gasteiger partial charge on any atom is 0.214 e. The average Bonchev–Trinajstić information content (AvgIpc) is 2.26. The van der Waals surface area contributed by atoms with E-state index in [2.05, 4.69) is 4.72 Å². The zero-order chi connectivity index (χ0) is 14.0. The Morgan fingerprint density at radius 1 is 1.33 bits per heavy atom. The molecule has 0 saturated carbocycles. The molecule has 0 aromatic rings. The number of nitrogens with zero attached hydrogens (tertiary/aromatic N) is 1. The number of rotatable bonds is 4. The molecule has 1 saturated heterocycles. The Balaban J connectivity index is 2.64. The highest BCUT2D eigenvalue weighted by atomic mass is 32.2. The third-order valence-electron chi connectivity index (χ3n) is 2.96. The van der Waals surface area contributed by atoms with Crippen molar-refractivity contribution in [1.29, 1.82) is 5.26 Å². The smallest absolute Gasteiger partial charge is 0.214 e. The molecule has 6 nitrogen and oxygen atoms in total. The highest BCUT2D eigenvalue weighted by Gasteiger charge is 2.33. The molecule has 8 heteroatoms. The van der Waals surface area contributed by atoms with Crippen molar-refractivity contribution in [1.82, 2.24) is 4.72 Å². The van der Waals surface area contributed by atoms with Crippen LogP contribution in [0.1, 0.15) is 26.7 Å². The normalized spacial score (nSPS) is 21.4. The van der Waals surface area contributed by atoms with E-state index in [-0.39, 0.29) is 30.9 Å². The van der Waals surface area contributed by atoms with Gasteiger partial charge in [-0.15, -0.1) is 0 Å². The molecule has 1 aliphatic heterocycles. The standard InChI is InChI=1S/C10H18N2O4S2/c1-10(2,7-11)8-12-18(15,16)9-3-5-17(13,14)6-4-9/h9,12H,3-6,8H2,1-2H3. The first-order valence-corrected chi connectivity index (χ1v) is 9.05. The van der Waals surface area contributed by atoms with Crippen LogP contribution in [0.25, 0.3) is 0 Å². The topological polar surface area (TPSA) is 104 Å². The molecule has 0 bridgehead atoms. The van der Waals surface area contributed by atoms with E-state index in [4.69, 9.17) is 5.26 Å². The Hall–Kier alpha value is -0.650.